The predicted molar refractivity (Wildman–Crippen MR) is 72.5 cm³/mol. The van der Waals surface area contributed by atoms with Gasteiger partial charge in [-0.05, 0) is 35.9 Å². The largest absolute Gasteiger partial charge is 0.497 e. The number of nitrogens with zero attached hydrogens (tertiary/aromatic N) is 3. The number of aromatic nitrogens is 2. The van der Waals surface area contributed by atoms with Crippen LogP contribution in [-0.4, -0.2) is 24.1 Å². The highest BCUT2D eigenvalue weighted by Crippen LogP contribution is 2.25. The fourth-order valence-corrected chi connectivity index (χ4v) is 1.72. The van der Waals surface area contributed by atoms with Crippen molar-refractivity contribution in [1.82, 2.24) is 9.97 Å². The molecule has 1 heterocycles. The average molecular weight is 265 g/mol. The Morgan fingerprint density at radius 1 is 1.22 bits per heavy atom. The van der Waals surface area contributed by atoms with E-state index in [1.165, 1.54) is 0 Å². The summed E-state index contributed by atoms with van der Waals surface area (Å²) >= 11 is 5.78. The monoisotopic (exact) mass is 264 g/mol. The molecule has 0 spiro atoms. The maximum absolute atomic E-state index is 5.78. The predicted octanol–water partition coefficient (Wildman–Crippen LogP) is 2.49. The number of ether oxygens (including phenoxy) is 1. The molecule has 0 bridgehead atoms. The van der Waals surface area contributed by atoms with E-state index in [9.17, 15) is 0 Å². The molecule has 0 amide bonds. The molecular weight excluding hydrogens is 252 g/mol. The number of nitrogen functional groups attached to an aromatic ring is 1. The van der Waals surface area contributed by atoms with Crippen LogP contribution >= 0.6 is 11.6 Å². The molecule has 0 unspecified atom stereocenters. The van der Waals surface area contributed by atoms with Gasteiger partial charge < -0.3 is 15.4 Å². The van der Waals surface area contributed by atoms with E-state index >= 15 is 0 Å². The molecule has 0 radical (unpaired) electrons. The van der Waals surface area contributed by atoms with E-state index < -0.39 is 0 Å². The lowest BCUT2D eigenvalue weighted by molar-refractivity contribution is 0.415. The van der Waals surface area contributed by atoms with Crippen molar-refractivity contribution in [1.29, 1.82) is 0 Å². The Hall–Kier alpha value is -2.01. The van der Waals surface area contributed by atoms with Crippen LogP contribution in [0, 0.1) is 0 Å². The van der Waals surface area contributed by atoms with Crippen LogP contribution in [0.3, 0.4) is 0 Å². The first-order valence-corrected chi connectivity index (χ1v) is 5.66. The summed E-state index contributed by atoms with van der Waals surface area (Å²) in [4.78, 5) is 9.81. The van der Waals surface area contributed by atoms with Crippen LogP contribution in [0.5, 0.6) is 5.75 Å². The van der Waals surface area contributed by atoms with Gasteiger partial charge in [0.15, 0.2) is 0 Å². The molecule has 0 fully saturated rings. The Balaban J connectivity index is 2.31. The first-order chi connectivity index (χ1) is 8.60. The highest BCUT2D eigenvalue weighted by atomic mass is 35.5. The van der Waals surface area contributed by atoms with Crippen molar-refractivity contribution in [2.75, 3.05) is 24.8 Å². The second-order valence-corrected chi connectivity index (χ2v) is 4.02. The van der Waals surface area contributed by atoms with Gasteiger partial charge in [0.25, 0.3) is 0 Å². The van der Waals surface area contributed by atoms with Crippen LogP contribution in [0.25, 0.3) is 0 Å². The molecule has 0 aliphatic carbocycles. The van der Waals surface area contributed by atoms with Crippen LogP contribution < -0.4 is 15.4 Å². The summed E-state index contributed by atoms with van der Waals surface area (Å²) in [5, 5.41) is 0.130. The molecule has 2 aromatic rings. The van der Waals surface area contributed by atoms with Crippen LogP contribution in [-0.2, 0) is 0 Å². The summed E-state index contributed by atoms with van der Waals surface area (Å²) in [6.45, 7) is 0. The number of benzene rings is 1. The van der Waals surface area contributed by atoms with Crippen LogP contribution in [0.15, 0.2) is 30.3 Å². The topological polar surface area (TPSA) is 64.3 Å². The van der Waals surface area contributed by atoms with Gasteiger partial charge in [0.2, 0.25) is 5.28 Å². The minimum atomic E-state index is 0.130. The van der Waals surface area contributed by atoms with Gasteiger partial charge in [0.1, 0.15) is 17.4 Å². The number of halogens is 1. The van der Waals surface area contributed by atoms with Crippen LogP contribution in [0.2, 0.25) is 5.28 Å². The zero-order valence-corrected chi connectivity index (χ0v) is 10.8. The molecule has 0 atom stereocenters. The quantitative estimate of drug-likeness (QED) is 0.863. The second kappa shape index (κ2) is 5.10. The van der Waals surface area contributed by atoms with E-state index in [1.807, 2.05) is 36.2 Å². The molecule has 1 aromatic heterocycles. The van der Waals surface area contributed by atoms with Gasteiger partial charge in [-0.2, -0.15) is 0 Å². The Bertz CT molecular complexity index is 524. The van der Waals surface area contributed by atoms with Gasteiger partial charge in [-0.25, -0.2) is 9.97 Å². The van der Waals surface area contributed by atoms with Crippen LogP contribution in [0.4, 0.5) is 17.3 Å². The van der Waals surface area contributed by atoms with Crippen molar-refractivity contribution < 1.29 is 4.74 Å². The smallest absolute Gasteiger partial charge is 0.226 e. The number of hydrogen-bond acceptors (Lipinski definition) is 5. The lowest BCUT2D eigenvalue weighted by atomic mass is 10.3. The summed E-state index contributed by atoms with van der Waals surface area (Å²) in [5.74, 6) is 1.77. The minimum absolute atomic E-state index is 0.130. The molecule has 0 aliphatic rings. The molecule has 0 aliphatic heterocycles. The Morgan fingerprint density at radius 3 is 2.44 bits per heavy atom. The van der Waals surface area contributed by atoms with E-state index in [1.54, 1.807) is 13.2 Å². The maximum atomic E-state index is 5.78. The summed E-state index contributed by atoms with van der Waals surface area (Å²) in [7, 11) is 3.50. The number of rotatable bonds is 3. The normalized spacial score (nSPS) is 10.2. The molecule has 94 valence electrons. The highest BCUT2D eigenvalue weighted by Gasteiger charge is 2.08. The van der Waals surface area contributed by atoms with E-state index in [4.69, 9.17) is 22.1 Å². The second-order valence-electron chi connectivity index (χ2n) is 3.68. The molecule has 0 saturated heterocycles. The fourth-order valence-electron chi connectivity index (χ4n) is 1.53. The van der Waals surface area contributed by atoms with E-state index in [-0.39, 0.29) is 5.28 Å². The van der Waals surface area contributed by atoms with E-state index in [0.29, 0.717) is 11.6 Å². The number of nitrogens with two attached hydrogens (primary N) is 1. The molecule has 1 aromatic carbocycles. The summed E-state index contributed by atoms with van der Waals surface area (Å²) in [6, 6.07) is 9.25. The van der Waals surface area contributed by atoms with Gasteiger partial charge in [-0.3, -0.25) is 0 Å². The molecule has 2 rings (SSSR count). The lowest BCUT2D eigenvalue weighted by Gasteiger charge is -2.18. The van der Waals surface area contributed by atoms with Gasteiger partial charge in [-0.15, -0.1) is 0 Å². The van der Waals surface area contributed by atoms with Crippen molar-refractivity contribution in [3.05, 3.63) is 35.6 Å². The first kappa shape index (κ1) is 12.4. The zero-order valence-electron chi connectivity index (χ0n) is 10.1. The minimum Gasteiger partial charge on any atom is -0.497 e. The third-order valence-electron chi connectivity index (χ3n) is 2.51. The maximum Gasteiger partial charge on any atom is 0.226 e. The average Bonchev–Trinajstić information content (AvgIpc) is 2.37. The molecule has 0 saturated carbocycles. The fraction of sp³-hybridized carbons (Fsp3) is 0.167. The number of anilines is 3. The Morgan fingerprint density at radius 2 is 1.89 bits per heavy atom. The highest BCUT2D eigenvalue weighted by molar-refractivity contribution is 6.28. The number of methoxy groups -OCH3 is 1. The first-order valence-electron chi connectivity index (χ1n) is 5.28. The van der Waals surface area contributed by atoms with Crippen molar-refractivity contribution in [3.63, 3.8) is 0 Å². The van der Waals surface area contributed by atoms with Crippen molar-refractivity contribution in [3.8, 4) is 5.75 Å². The molecule has 6 heteroatoms. The number of hydrogen-bond donors (Lipinski definition) is 1. The Labute approximate surface area is 110 Å². The van der Waals surface area contributed by atoms with Gasteiger partial charge in [-0.1, -0.05) is 0 Å². The van der Waals surface area contributed by atoms with Crippen molar-refractivity contribution in [2.45, 2.75) is 0 Å². The molecule has 18 heavy (non-hydrogen) atoms. The molecular formula is C12H13ClN4O. The Kier molecular flexibility index (Phi) is 3.53. The zero-order chi connectivity index (χ0) is 13.1. The third-order valence-corrected chi connectivity index (χ3v) is 2.68. The van der Waals surface area contributed by atoms with Gasteiger partial charge in [0.05, 0.1) is 7.11 Å². The summed E-state index contributed by atoms with van der Waals surface area (Å²) in [5.41, 5.74) is 6.59. The third kappa shape index (κ3) is 2.62. The van der Waals surface area contributed by atoms with Crippen molar-refractivity contribution >= 4 is 28.9 Å². The van der Waals surface area contributed by atoms with Crippen LogP contribution in [0.1, 0.15) is 0 Å². The lowest BCUT2D eigenvalue weighted by Crippen LogP contribution is -2.12. The summed E-state index contributed by atoms with van der Waals surface area (Å²) < 4.78 is 5.11. The summed E-state index contributed by atoms with van der Waals surface area (Å²) in [6.07, 6.45) is 0. The van der Waals surface area contributed by atoms with Crippen molar-refractivity contribution in [2.24, 2.45) is 0 Å². The molecule has 5 nitrogen and oxygen atoms in total. The van der Waals surface area contributed by atoms with E-state index in [0.717, 1.165) is 11.4 Å². The molecule has 2 N–H and O–H groups in total. The van der Waals surface area contributed by atoms with Gasteiger partial charge >= 0.3 is 0 Å². The van der Waals surface area contributed by atoms with E-state index in [2.05, 4.69) is 9.97 Å². The standard InChI is InChI=1S/C12H13ClN4O/c1-17(8-3-5-9(18-2)6-4-8)11-7-10(14)15-12(13)16-11/h3-7H,1-2H3,(H2,14,15,16). The van der Waals surface area contributed by atoms with Gasteiger partial charge in [0, 0.05) is 18.8 Å². The SMILES string of the molecule is COc1ccc(N(C)c2cc(N)nc(Cl)n2)cc1.